The monoisotopic (exact) mass is 242 g/mol. The Labute approximate surface area is 104 Å². The van der Waals surface area contributed by atoms with E-state index < -0.39 is 5.54 Å². The maximum atomic E-state index is 11.5. The lowest BCUT2D eigenvalue weighted by atomic mass is 9.98. The molecule has 0 aromatic heterocycles. The molecule has 0 bridgehead atoms. The van der Waals surface area contributed by atoms with Gasteiger partial charge in [-0.05, 0) is 32.7 Å². The van der Waals surface area contributed by atoms with E-state index >= 15 is 0 Å². The van der Waals surface area contributed by atoms with Gasteiger partial charge in [0.2, 0.25) is 0 Å². The molecule has 1 unspecified atom stereocenters. The van der Waals surface area contributed by atoms with Gasteiger partial charge >= 0.3 is 5.97 Å². The zero-order valence-corrected chi connectivity index (χ0v) is 11.4. The van der Waals surface area contributed by atoms with Gasteiger partial charge < -0.3 is 15.4 Å². The Hall–Kier alpha value is -0.610. The summed E-state index contributed by atoms with van der Waals surface area (Å²) >= 11 is 0. The second kappa shape index (κ2) is 6.36. The molecule has 0 aromatic carbocycles. The molecule has 1 saturated carbocycles. The summed E-state index contributed by atoms with van der Waals surface area (Å²) < 4.78 is 4.72. The van der Waals surface area contributed by atoms with Crippen LogP contribution in [0.4, 0.5) is 0 Å². The molecule has 0 spiro atoms. The van der Waals surface area contributed by atoms with Crippen LogP contribution in [0.1, 0.15) is 46.0 Å². The topological polar surface area (TPSA) is 55.6 Å². The van der Waals surface area contributed by atoms with Gasteiger partial charge in [-0.3, -0.25) is 4.79 Å². The Morgan fingerprint density at radius 3 is 2.53 bits per heavy atom. The molecule has 0 amide bonds. The van der Waals surface area contributed by atoms with Crippen molar-refractivity contribution in [3.05, 3.63) is 0 Å². The summed E-state index contributed by atoms with van der Waals surface area (Å²) in [6.07, 6.45) is 5.89. The summed E-state index contributed by atoms with van der Waals surface area (Å²) in [7, 11) is 1.39. The van der Waals surface area contributed by atoms with E-state index in [1.54, 1.807) is 6.92 Å². The van der Waals surface area contributed by atoms with E-state index in [0.29, 0.717) is 12.5 Å². The Bertz CT molecular complexity index is 248. The van der Waals surface area contributed by atoms with Gasteiger partial charge in [0.25, 0.3) is 0 Å². The fraction of sp³-hybridized carbons (Fsp3) is 0.923. The molecular formula is C13H26N2O2. The Balaban J connectivity index is 2.43. The molecule has 0 radical (unpaired) electrons. The molecule has 0 aliphatic heterocycles. The number of nitrogens with zero attached hydrogens (tertiary/aromatic N) is 1. The first-order valence-corrected chi connectivity index (χ1v) is 6.62. The van der Waals surface area contributed by atoms with Crippen molar-refractivity contribution >= 4 is 5.97 Å². The smallest absolute Gasteiger partial charge is 0.325 e. The SMILES string of the molecule is CCN(CCC(C)(N)C(=O)OC)C1CCCC1. The molecular weight excluding hydrogens is 216 g/mol. The number of ether oxygens (including phenoxy) is 1. The maximum absolute atomic E-state index is 11.5. The van der Waals surface area contributed by atoms with Gasteiger partial charge in [0.1, 0.15) is 5.54 Å². The minimum atomic E-state index is -0.860. The summed E-state index contributed by atoms with van der Waals surface area (Å²) in [5.41, 5.74) is 5.11. The molecule has 0 saturated heterocycles. The number of carbonyl (C=O) groups excluding carboxylic acids is 1. The predicted molar refractivity (Wildman–Crippen MR) is 68.7 cm³/mol. The van der Waals surface area contributed by atoms with Crippen molar-refractivity contribution in [1.29, 1.82) is 0 Å². The van der Waals surface area contributed by atoms with Crippen molar-refractivity contribution in [1.82, 2.24) is 4.90 Å². The Morgan fingerprint density at radius 2 is 2.06 bits per heavy atom. The third-order valence-electron chi connectivity index (χ3n) is 3.82. The first kappa shape index (κ1) is 14.5. The van der Waals surface area contributed by atoms with E-state index in [4.69, 9.17) is 10.5 Å². The Morgan fingerprint density at radius 1 is 1.47 bits per heavy atom. The lowest BCUT2D eigenvalue weighted by molar-refractivity contribution is -0.146. The maximum Gasteiger partial charge on any atom is 0.325 e. The predicted octanol–water partition coefficient (Wildman–Crippen LogP) is 1.53. The molecule has 2 N–H and O–H groups in total. The molecule has 100 valence electrons. The number of hydrogen-bond acceptors (Lipinski definition) is 4. The highest BCUT2D eigenvalue weighted by molar-refractivity contribution is 5.79. The fourth-order valence-corrected chi connectivity index (χ4v) is 2.58. The standard InChI is InChI=1S/C13H26N2O2/c1-4-15(11-7-5-6-8-11)10-9-13(2,14)12(16)17-3/h11H,4-10,14H2,1-3H3. The van der Waals surface area contributed by atoms with Gasteiger partial charge in [-0.1, -0.05) is 19.8 Å². The normalized spacial score (nSPS) is 20.5. The third kappa shape index (κ3) is 3.96. The second-order valence-corrected chi connectivity index (χ2v) is 5.23. The number of nitrogens with two attached hydrogens (primary N) is 1. The van der Waals surface area contributed by atoms with Crippen molar-refractivity contribution in [2.24, 2.45) is 5.73 Å². The van der Waals surface area contributed by atoms with E-state index in [-0.39, 0.29) is 5.97 Å². The van der Waals surface area contributed by atoms with Crippen LogP contribution in [-0.4, -0.2) is 42.6 Å². The fourth-order valence-electron chi connectivity index (χ4n) is 2.58. The molecule has 1 atom stereocenters. The van der Waals surface area contributed by atoms with Gasteiger partial charge in [0.05, 0.1) is 7.11 Å². The molecule has 4 nitrogen and oxygen atoms in total. The van der Waals surface area contributed by atoms with Crippen molar-refractivity contribution in [3.8, 4) is 0 Å². The minimum Gasteiger partial charge on any atom is -0.468 e. The lowest BCUT2D eigenvalue weighted by Crippen LogP contribution is -2.49. The minimum absolute atomic E-state index is 0.319. The number of methoxy groups -OCH3 is 1. The Kier molecular flexibility index (Phi) is 5.40. The van der Waals surface area contributed by atoms with Gasteiger partial charge in [-0.2, -0.15) is 0 Å². The van der Waals surface area contributed by atoms with E-state index in [9.17, 15) is 4.79 Å². The average molecular weight is 242 g/mol. The van der Waals surface area contributed by atoms with Crippen molar-refractivity contribution in [2.75, 3.05) is 20.2 Å². The molecule has 1 fully saturated rings. The zero-order valence-electron chi connectivity index (χ0n) is 11.4. The highest BCUT2D eigenvalue weighted by atomic mass is 16.5. The van der Waals surface area contributed by atoms with Crippen LogP contribution in [0.15, 0.2) is 0 Å². The van der Waals surface area contributed by atoms with Crippen LogP contribution < -0.4 is 5.73 Å². The number of hydrogen-bond donors (Lipinski definition) is 1. The van der Waals surface area contributed by atoms with Crippen LogP contribution in [0.3, 0.4) is 0 Å². The molecule has 0 heterocycles. The number of esters is 1. The van der Waals surface area contributed by atoms with Crippen LogP contribution in [0.25, 0.3) is 0 Å². The molecule has 4 heteroatoms. The molecule has 0 aromatic rings. The second-order valence-electron chi connectivity index (χ2n) is 5.23. The van der Waals surface area contributed by atoms with Gasteiger partial charge in [0, 0.05) is 12.6 Å². The lowest BCUT2D eigenvalue weighted by Gasteiger charge is -2.30. The highest BCUT2D eigenvalue weighted by Crippen LogP contribution is 2.24. The first-order valence-electron chi connectivity index (χ1n) is 6.62. The third-order valence-corrected chi connectivity index (χ3v) is 3.82. The van der Waals surface area contributed by atoms with E-state index in [2.05, 4.69) is 11.8 Å². The molecule has 1 aliphatic rings. The van der Waals surface area contributed by atoms with Crippen LogP contribution in [0.2, 0.25) is 0 Å². The number of rotatable bonds is 6. The molecule has 1 aliphatic carbocycles. The summed E-state index contributed by atoms with van der Waals surface area (Å²) in [5.74, 6) is -0.319. The van der Waals surface area contributed by atoms with Crippen LogP contribution in [0, 0.1) is 0 Å². The van der Waals surface area contributed by atoms with Gasteiger partial charge in [0.15, 0.2) is 0 Å². The summed E-state index contributed by atoms with van der Waals surface area (Å²) in [6.45, 7) is 5.83. The van der Waals surface area contributed by atoms with Crippen molar-refractivity contribution < 1.29 is 9.53 Å². The summed E-state index contributed by atoms with van der Waals surface area (Å²) in [6, 6.07) is 0.688. The average Bonchev–Trinajstić information content (AvgIpc) is 2.82. The highest BCUT2D eigenvalue weighted by Gasteiger charge is 2.31. The first-order chi connectivity index (χ1) is 8.01. The van der Waals surface area contributed by atoms with Gasteiger partial charge in [-0.15, -0.1) is 0 Å². The van der Waals surface area contributed by atoms with Crippen LogP contribution in [0.5, 0.6) is 0 Å². The summed E-state index contributed by atoms with van der Waals surface area (Å²) in [5, 5.41) is 0. The largest absolute Gasteiger partial charge is 0.468 e. The van der Waals surface area contributed by atoms with Crippen LogP contribution >= 0.6 is 0 Å². The molecule has 17 heavy (non-hydrogen) atoms. The van der Waals surface area contributed by atoms with Gasteiger partial charge in [-0.25, -0.2) is 0 Å². The molecule has 1 rings (SSSR count). The van der Waals surface area contributed by atoms with Crippen LogP contribution in [-0.2, 0) is 9.53 Å². The quantitative estimate of drug-likeness (QED) is 0.718. The zero-order chi connectivity index (χ0) is 12.9. The van der Waals surface area contributed by atoms with Crippen molar-refractivity contribution in [3.63, 3.8) is 0 Å². The van der Waals surface area contributed by atoms with Crippen molar-refractivity contribution in [2.45, 2.75) is 57.5 Å². The van der Waals surface area contributed by atoms with E-state index in [1.807, 2.05) is 0 Å². The number of carbonyl (C=O) groups is 1. The van der Waals surface area contributed by atoms with E-state index in [1.165, 1.54) is 32.8 Å². The van der Waals surface area contributed by atoms with E-state index in [0.717, 1.165) is 13.1 Å². The summed E-state index contributed by atoms with van der Waals surface area (Å²) in [4.78, 5) is 13.9.